The van der Waals surface area contributed by atoms with E-state index in [1.807, 2.05) is 47.9 Å². The summed E-state index contributed by atoms with van der Waals surface area (Å²) >= 11 is 0. The van der Waals surface area contributed by atoms with Crippen LogP contribution in [0, 0.1) is 35.3 Å². The average Bonchev–Trinajstić information content (AvgIpc) is 3.49. The van der Waals surface area contributed by atoms with Gasteiger partial charge in [0.1, 0.15) is 0 Å². The maximum absolute atomic E-state index is 13.9. The predicted octanol–water partition coefficient (Wildman–Crippen LogP) is 6.25. The summed E-state index contributed by atoms with van der Waals surface area (Å²) in [4.78, 5) is 21.5. The first-order valence-electron chi connectivity index (χ1n) is 12.6. The first-order chi connectivity index (χ1) is 17.9. The summed E-state index contributed by atoms with van der Waals surface area (Å²) < 4.78 is 34.6. The van der Waals surface area contributed by atoms with Gasteiger partial charge < -0.3 is 14.6 Å². The normalized spacial score (nSPS) is 23.0. The van der Waals surface area contributed by atoms with Gasteiger partial charge in [0.15, 0.2) is 11.6 Å². The third kappa shape index (κ3) is 4.45. The summed E-state index contributed by atoms with van der Waals surface area (Å²) in [6.45, 7) is 1.97. The summed E-state index contributed by atoms with van der Waals surface area (Å²) in [5, 5.41) is 3.05. The molecule has 2 heterocycles. The van der Waals surface area contributed by atoms with Gasteiger partial charge in [-0.1, -0.05) is 19.1 Å². The van der Waals surface area contributed by atoms with E-state index in [0.29, 0.717) is 34.7 Å². The number of imidazole rings is 1. The van der Waals surface area contributed by atoms with Crippen LogP contribution in [0.5, 0.6) is 5.88 Å². The van der Waals surface area contributed by atoms with Gasteiger partial charge in [-0.15, -0.1) is 0 Å². The third-order valence-electron chi connectivity index (χ3n) is 8.04. The van der Waals surface area contributed by atoms with Gasteiger partial charge in [0.25, 0.3) is 0 Å². The molecule has 2 saturated carbocycles. The van der Waals surface area contributed by atoms with Crippen LogP contribution >= 0.6 is 0 Å². The Morgan fingerprint density at radius 2 is 1.81 bits per heavy atom. The molecule has 4 aromatic rings. The number of fused-ring (bicyclic) bond motifs is 2. The second kappa shape index (κ2) is 9.25. The van der Waals surface area contributed by atoms with Crippen molar-refractivity contribution in [1.82, 2.24) is 14.5 Å². The molecule has 0 radical (unpaired) electrons. The molecule has 2 aromatic heterocycles. The SMILES string of the molecule is COc1ccc(-c2ccc(NC(=O)[C@@H](C)C[C@@H]3C[C@@H](n4cnc5cc(F)c(F)cc54)C4C[C@@H]43)cc2)cn1. The van der Waals surface area contributed by atoms with Crippen molar-refractivity contribution < 1.29 is 18.3 Å². The highest BCUT2D eigenvalue weighted by Crippen LogP contribution is 2.62. The molecule has 5 atom stereocenters. The summed E-state index contributed by atoms with van der Waals surface area (Å²) in [6, 6.07) is 14.1. The molecule has 0 saturated heterocycles. The van der Waals surface area contributed by atoms with E-state index in [2.05, 4.69) is 15.3 Å². The van der Waals surface area contributed by atoms with Crippen LogP contribution in [0.2, 0.25) is 0 Å². The first-order valence-corrected chi connectivity index (χ1v) is 12.6. The van der Waals surface area contributed by atoms with E-state index >= 15 is 0 Å². The minimum atomic E-state index is -0.876. The van der Waals surface area contributed by atoms with Gasteiger partial charge >= 0.3 is 0 Å². The Morgan fingerprint density at radius 1 is 1.05 bits per heavy atom. The van der Waals surface area contributed by atoms with Crippen LogP contribution in [-0.4, -0.2) is 27.6 Å². The molecule has 0 aliphatic heterocycles. The van der Waals surface area contributed by atoms with Gasteiger partial charge in [0.05, 0.1) is 24.5 Å². The molecule has 2 aromatic carbocycles. The molecule has 37 heavy (non-hydrogen) atoms. The number of hydrogen-bond acceptors (Lipinski definition) is 4. The lowest BCUT2D eigenvalue weighted by atomic mass is 9.90. The molecule has 1 amide bonds. The number of ether oxygens (including phenoxy) is 1. The zero-order valence-electron chi connectivity index (χ0n) is 20.7. The summed E-state index contributed by atoms with van der Waals surface area (Å²) in [6.07, 6.45) is 6.29. The molecule has 6 rings (SSSR count). The van der Waals surface area contributed by atoms with Crippen molar-refractivity contribution >= 4 is 22.6 Å². The van der Waals surface area contributed by atoms with E-state index < -0.39 is 11.6 Å². The van der Waals surface area contributed by atoms with Crippen molar-refractivity contribution in [2.45, 2.75) is 32.2 Å². The quantitative estimate of drug-likeness (QED) is 0.325. The molecule has 0 spiro atoms. The van der Waals surface area contributed by atoms with Crippen LogP contribution < -0.4 is 10.1 Å². The van der Waals surface area contributed by atoms with Crippen molar-refractivity contribution in [3.05, 3.63) is 72.7 Å². The van der Waals surface area contributed by atoms with Crippen LogP contribution in [-0.2, 0) is 4.79 Å². The Labute approximate surface area is 213 Å². The molecule has 2 fully saturated rings. The number of carbonyl (C=O) groups is 1. The smallest absolute Gasteiger partial charge is 0.227 e. The summed E-state index contributed by atoms with van der Waals surface area (Å²) in [5.74, 6) is 0.199. The van der Waals surface area contributed by atoms with Gasteiger partial charge in [-0.25, -0.2) is 18.7 Å². The molecule has 6 nitrogen and oxygen atoms in total. The number of anilines is 1. The number of nitrogens with zero attached hydrogens (tertiary/aromatic N) is 3. The third-order valence-corrected chi connectivity index (χ3v) is 8.04. The van der Waals surface area contributed by atoms with E-state index in [1.54, 1.807) is 19.6 Å². The maximum atomic E-state index is 13.9. The number of nitrogens with one attached hydrogen (secondary N) is 1. The standard InChI is InChI=1S/C29H28F2N4O2/c1-16(29(36)34-20-6-3-17(4-7-20)18-5-8-28(37-2)32-14-18)9-19-10-26(22-11-21(19)22)35-15-33-25-12-23(30)24(31)13-27(25)35/h3-8,12-16,19,21-22,26H,9-11H2,1-2H3,(H,34,36)/t16-,19+,21+,22?,26+/m0/s1. The van der Waals surface area contributed by atoms with Crippen molar-refractivity contribution in [1.29, 1.82) is 0 Å². The highest BCUT2D eigenvalue weighted by atomic mass is 19.2. The molecular formula is C29H28F2N4O2. The lowest BCUT2D eigenvalue weighted by Gasteiger charge is -2.21. The fourth-order valence-corrected chi connectivity index (χ4v) is 6.00. The number of benzene rings is 2. The van der Waals surface area contributed by atoms with Gasteiger partial charge in [0, 0.05) is 47.6 Å². The van der Waals surface area contributed by atoms with Crippen LogP contribution in [0.25, 0.3) is 22.2 Å². The Balaban J connectivity index is 1.08. The molecule has 1 unspecified atom stereocenters. The number of halogens is 2. The Kier molecular flexibility index (Phi) is 5.89. The molecular weight excluding hydrogens is 474 g/mol. The number of aromatic nitrogens is 3. The molecule has 2 aliphatic carbocycles. The lowest BCUT2D eigenvalue weighted by Crippen LogP contribution is -2.23. The Bertz CT molecular complexity index is 1450. The monoisotopic (exact) mass is 502 g/mol. The zero-order chi connectivity index (χ0) is 25.7. The van der Waals surface area contributed by atoms with Crippen molar-refractivity contribution in [3.8, 4) is 17.0 Å². The zero-order valence-corrected chi connectivity index (χ0v) is 20.7. The Morgan fingerprint density at radius 3 is 2.54 bits per heavy atom. The second-order valence-corrected chi connectivity index (χ2v) is 10.3. The largest absolute Gasteiger partial charge is 0.481 e. The maximum Gasteiger partial charge on any atom is 0.227 e. The topological polar surface area (TPSA) is 69.0 Å². The number of hydrogen-bond donors (Lipinski definition) is 1. The predicted molar refractivity (Wildman–Crippen MR) is 137 cm³/mol. The number of amides is 1. The van der Waals surface area contributed by atoms with Gasteiger partial charge in [0.2, 0.25) is 11.8 Å². The van der Waals surface area contributed by atoms with E-state index in [9.17, 15) is 13.6 Å². The minimum absolute atomic E-state index is 0.00476. The highest BCUT2D eigenvalue weighted by molar-refractivity contribution is 5.92. The molecule has 2 aliphatic rings. The van der Waals surface area contributed by atoms with Gasteiger partial charge in [-0.2, -0.15) is 0 Å². The number of rotatable bonds is 7. The van der Waals surface area contributed by atoms with E-state index in [0.717, 1.165) is 42.1 Å². The highest BCUT2D eigenvalue weighted by Gasteiger charge is 2.55. The average molecular weight is 503 g/mol. The van der Waals surface area contributed by atoms with Crippen LogP contribution in [0.4, 0.5) is 14.5 Å². The summed E-state index contributed by atoms with van der Waals surface area (Å²) in [5.41, 5.74) is 3.85. The van der Waals surface area contributed by atoms with Crippen LogP contribution in [0.3, 0.4) is 0 Å². The number of carbonyl (C=O) groups excluding carboxylic acids is 1. The fourth-order valence-electron chi connectivity index (χ4n) is 6.00. The van der Waals surface area contributed by atoms with Crippen molar-refractivity contribution in [2.24, 2.45) is 23.7 Å². The fraction of sp³-hybridized carbons (Fsp3) is 0.345. The van der Waals surface area contributed by atoms with Crippen molar-refractivity contribution in [2.75, 3.05) is 12.4 Å². The van der Waals surface area contributed by atoms with E-state index in [4.69, 9.17) is 4.74 Å². The molecule has 8 heteroatoms. The lowest BCUT2D eigenvalue weighted by molar-refractivity contribution is -0.119. The van der Waals surface area contributed by atoms with E-state index in [-0.39, 0.29) is 17.9 Å². The van der Waals surface area contributed by atoms with Gasteiger partial charge in [-0.3, -0.25) is 4.79 Å². The van der Waals surface area contributed by atoms with Crippen molar-refractivity contribution in [3.63, 3.8) is 0 Å². The summed E-state index contributed by atoms with van der Waals surface area (Å²) in [7, 11) is 1.58. The second-order valence-electron chi connectivity index (χ2n) is 10.3. The minimum Gasteiger partial charge on any atom is -0.481 e. The van der Waals surface area contributed by atoms with E-state index in [1.165, 1.54) is 6.07 Å². The number of pyridine rings is 1. The van der Waals surface area contributed by atoms with Crippen LogP contribution in [0.15, 0.2) is 61.1 Å². The first kappa shape index (κ1) is 23.6. The van der Waals surface area contributed by atoms with Gasteiger partial charge in [-0.05, 0) is 60.8 Å². The Hall–Kier alpha value is -3.81. The van der Waals surface area contributed by atoms with Crippen LogP contribution in [0.1, 0.15) is 32.2 Å². The molecule has 0 bridgehead atoms. The molecule has 1 N–H and O–H groups in total. The molecule has 190 valence electrons. The number of methoxy groups -OCH3 is 1.